The molecule has 1 amide bonds. The number of carbonyl (C=O) groups is 1. The van der Waals surface area contributed by atoms with Crippen molar-refractivity contribution in [2.75, 3.05) is 38.3 Å². The van der Waals surface area contributed by atoms with E-state index < -0.39 is 6.61 Å². The van der Waals surface area contributed by atoms with Crippen LogP contribution in [0.4, 0.5) is 14.5 Å². The monoisotopic (exact) mass is 350 g/mol. The zero-order chi connectivity index (χ0) is 15.9. The van der Waals surface area contributed by atoms with Crippen molar-refractivity contribution in [3.63, 3.8) is 0 Å². The maximum atomic E-state index is 12.3. The lowest BCUT2D eigenvalue weighted by atomic mass is 10.0. The maximum absolute atomic E-state index is 12.3. The van der Waals surface area contributed by atoms with Crippen LogP contribution in [0.25, 0.3) is 0 Å². The molecule has 2 rings (SSSR count). The van der Waals surface area contributed by atoms with E-state index >= 15 is 0 Å². The zero-order valence-corrected chi connectivity index (χ0v) is 13.7. The second-order valence-electron chi connectivity index (χ2n) is 4.99. The summed E-state index contributed by atoms with van der Waals surface area (Å²) in [4.78, 5) is 13.9. The molecule has 1 aromatic carbocycles. The maximum Gasteiger partial charge on any atom is 0.387 e. The van der Waals surface area contributed by atoms with Gasteiger partial charge in [0.15, 0.2) is 0 Å². The van der Waals surface area contributed by atoms with Crippen LogP contribution in [0.1, 0.15) is 12.0 Å². The summed E-state index contributed by atoms with van der Waals surface area (Å²) in [5.41, 5.74) is 1.63. The minimum absolute atomic E-state index is 0. The van der Waals surface area contributed by atoms with E-state index in [2.05, 4.69) is 10.1 Å². The highest BCUT2D eigenvalue weighted by atomic mass is 35.5. The van der Waals surface area contributed by atoms with Gasteiger partial charge in [0.05, 0.1) is 13.2 Å². The van der Waals surface area contributed by atoms with Gasteiger partial charge in [-0.2, -0.15) is 8.78 Å². The molecule has 0 saturated heterocycles. The molecule has 0 aliphatic carbocycles. The Morgan fingerprint density at radius 3 is 2.91 bits per heavy atom. The standard InChI is InChI=1S/C15H20F2N2O3.ClH/c1-21-8-6-18-10-14(20)19-7-2-3-11-9-12(22-15(16)17)4-5-13(11)19;/h4-5,9,15,18H,2-3,6-8,10H2,1H3;1H. The number of methoxy groups -OCH3 is 1. The van der Waals surface area contributed by atoms with Gasteiger partial charge in [0.25, 0.3) is 0 Å². The van der Waals surface area contributed by atoms with Crippen molar-refractivity contribution < 1.29 is 23.0 Å². The fraction of sp³-hybridized carbons (Fsp3) is 0.533. The van der Waals surface area contributed by atoms with Crippen LogP contribution in [-0.2, 0) is 16.0 Å². The van der Waals surface area contributed by atoms with E-state index in [0.717, 1.165) is 24.1 Å². The number of hydrogen-bond donors (Lipinski definition) is 1. The Morgan fingerprint density at radius 2 is 2.22 bits per heavy atom. The molecule has 0 saturated carbocycles. The van der Waals surface area contributed by atoms with Gasteiger partial charge in [-0.15, -0.1) is 12.4 Å². The number of anilines is 1. The third-order valence-electron chi connectivity index (χ3n) is 3.46. The first-order valence-electron chi connectivity index (χ1n) is 7.19. The number of halogens is 3. The summed E-state index contributed by atoms with van der Waals surface area (Å²) in [6.45, 7) is -0.850. The fourth-order valence-corrected chi connectivity index (χ4v) is 2.47. The number of benzene rings is 1. The van der Waals surface area contributed by atoms with Crippen molar-refractivity contribution in [2.45, 2.75) is 19.5 Å². The molecule has 0 bridgehead atoms. The molecule has 0 radical (unpaired) electrons. The van der Waals surface area contributed by atoms with Crippen LogP contribution in [0.3, 0.4) is 0 Å². The normalized spacial score (nSPS) is 13.5. The Labute approximate surface area is 140 Å². The highest BCUT2D eigenvalue weighted by Crippen LogP contribution is 2.31. The Hall–Kier alpha value is -1.44. The van der Waals surface area contributed by atoms with Crippen LogP contribution in [0, 0.1) is 0 Å². The molecule has 0 fully saturated rings. The first-order chi connectivity index (χ1) is 10.6. The Balaban J connectivity index is 0.00000264. The second-order valence-corrected chi connectivity index (χ2v) is 4.99. The highest BCUT2D eigenvalue weighted by molar-refractivity contribution is 5.96. The lowest BCUT2D eigenvalue weighted by Gasteiger charge is -2.30. The minimum atomic E-state index is -2.84. The predicted octanol–water partition coefficient (Wildman–Crippen LogP) is 2.23. The number of ether oxygens (including phenoxy) is 2. The quantitative estimate of drug-likeness (QED) is 0.766. The first-order valence-corrected chi connectivity index (χ1v) is 7.19. The second kappa shape index (κ2) is 9.64. The SMILES string of the molecule is COCCNCC(=O)N1CCCc2cc(OC(F)F)ccc21.Cl. The number of nitrogens with one attached hydrogen (secondary N) is 1. The molecule has 1 aliphatic heterocycles. The van der Waals surface area contributed by atoms with Crippen molar-refractivity contribution in [3.8, 4) is 5.75 Å². The van der Waals surface area contributed by atoms with Gasteiger partial charge in [0.1, 0.15) is 5.75 Å². The summed E-state index contributed by atoms with van der Waals surface area (Å²) in [5, 5.41) is 3.01. The van der Waals surface area contributed by atoms with E-state index in [0.29, 0.717) is 19.7 Å². The molecule has 0 atom stereocenters. The van der Waals surface area contributed by atoms with E-state index in [-0.39, 0.29) is 30.6 Å². The third kappa shape index (κ3) is 5.60. The molecule has 0 unspecified atom stereocenters. The van der Waals surface area contributed by atoms with Crippen LogP contribution in [0.2, 0.25) is 0 Å². The third-order valence-corrected chi connectivity index (χ3v) is 3.46. The van der Waals surface area contributed by atoms with Crippen molar-refractivity contribution >= 4 is 24.0 Å². The van der Waals surface area contributed by atoms with Gasteiger partial charge in [-0.05, 0) is 36.6 Å². The summed E-state index contributed by atoms with van der Waals surface area (Å²) in [6, 6.07) is 4.72. The van der Waals surface area contributed by atoms with E-state index in [1.165, 1.54) is 6.07 Å². The molecular weight excluding hydrogens is 330 g/mol. The lowest BCUT2D eigenvalue weighted by molar-refractivity contribution is -0.117. The minimum Gasteiger partial charge on any atom is -0.435 e. The molecule has 1 aliphatic rings. The average Bonchev–Trinajstić information content (AvgIpc) is 2.50. The summed E-state index contributed by atoms with van der Waals surface area (Å²) in [6.07, 6.45) is 1.55. The van der Waals surface area contributed by atoms with E-state index in [1.807, 2.05) is 0 Å². The number of hydrogen-bond acceptors (Lipinski definition) is 4. The van der Waals surface area contributed by atoms with Gasteiger partial charge in [0, 0.05) is 25.9 Å². The summed E-state index contributed by atoms with van der Waals surface area (Å²) >= 11 is 0. The Bertz CT molecular complexity index is 517. The van der Waals surface area contributed by atoms with Crippen molar-refractivity contribution in [3.05, 3.63) is 23.8 Å². The summed E-state index contributed by atoms with van der Waals surface area (Å²) in [7, 11) is 1.60. The van der Waals surface area contributed by atoms with Crippen LogP contribution in [-0.4, -0.2) is 45.9 Å². The number of rotatable bonds is 7. The van der Waals surface area contributed by atoms with Crippen molar-refractivity contribution in [1.29, 1.82) is 0 Å². The van der Waals surface area contributed by atoms with Gasteiger partial charge in [0.2, 0.25) is 5.91 Å². The van der Waals surface area contributed by atoms with Crippen LogP contribution >= 0.6 is 12.4 Å². The van der Waals surface area contributed by atoms with Gasteiger partial charge >= 0.3 is 6.61 Å². The van der Waals surface area contributed by atoms with E-state index in [9.17, 15) is 13.6 Å². The molecule has 0 spiro atoms. The molecule has 1 aromatic rings. The van der Waals surface area contributed by atoms with Gasteiger partial charge in [-0.25, -0.2) is 0 Å². The van der Waals surface area contributed by atoms with Crippen LogP contribution < -0.4 is 15.0 Å². The van der Waals surface area contributed by atoms with Crippen molar-refractivity contribution in [1.82, 2.24) is 5.32 Å². The summed E-state index contributed by atoms with van der Waals surface area (Å²) in [5.74, 6) is 0.0841. The Kier molecular flexibility index (Phi) is 8.22. The van der Waals surface area contributed by atoms with Crippen LogP contribution in [0.15, 0.2) is 18.2 Å². The topological polar surface area (TPSA) is 50.8 Å². The number of alkyl halides is 2. The van der Waals surface area contributed by atoms with Gasteiger partial charge in [-0.1, -0.05) is 0 Å². The molecule has 130 valence electrons. The van der Waals surface area contributed by atoms with Crippen molar-refractivity contribution in [2.24, 2.45) is 0 Å². The molecule has 8 heteroatoms. The zero-order valence-electron chi connectivity index (χ0n) is 12.9. The number of nitrogens with zero attached hydrogens (tertiary/aromatic N) is 1. The molecule has 1 N–H and O–H groups in total. The van der Waals surface area contributed by atoms with Crippen LogP contribution in [0.5, 0.6) is 5.75 Å². The fourth-order valence-electron chi connectivity index (χ4n) is 2.47. The van der Waals surface area contributed by atoms with E-state index in [4.69, 9.17) is 4.74 Å². The number of carbonyl (C=O) groups excluding carboxylic acids is 1. The van der Waals surface area contributed by atoms with E-state index in [1.54, 1.807) is 24.1 Å². The number of fused-ring (bicyclic) bond motifs is 1. The largest absolute Gasteiger partial charge is 0.435 e. The van der Waals surface area contributed by atoms with Gasteiger partial charge < -0.3 is 19.7 Å². The first kappa shape index (κ1) is 19.6. The number of amides is 1. The average molecular weight is 351 g/mol. The smallest absolute Gasteiger partial charge is 0.387 e. The molecular formula is C15H21ClF2N2O3. The molecule has 0 aromatic heterocycles. The predicted molar refractivity (Wildman–Crippen MR) is 85.7 cm³/mol. The molecule has 23 heavy (non-hydrogen) atoms. The summed E-state index contributed by atoms with van der Waals surface area (Å²) < 4.78 is 33.8. The molecule has 1 heterocycles. The number of aryl methyl sites for hydroxylation is 1. The molecule has 5 nitrogen and oxygen atoms in total. The lowest BCUT2D eigenvalue weighted by Crippen LogP contribution is -2.41. The highest BCUT2D eigenvalue weighted by Gasteiger charge is 2.22. The van der Waals surface area contributed by atoms with Gasteiger partial charge in [-0.3, -0.25) is 4.79 Å². The Morgan fingerprint density at radius 1 is 1.43 bits per heavy atom.